The first-order chi connectivity index (χ1) is 13.6. The molecule has 0 saturated carbocycles. The van der Waals surface area contributed by atoms with Crippen LogP contribution in [0.4, 0.5) is 0 Å². The van der Waals surface area contributed by atoms with E-state index in [1.54, 1.807) is 19.2 Å². The second-order valence-corrected chi connectivity index (χ2v) is 5.87. The van der Waals surface area contributed by atoms with E-state index in [-0.39, 0.29) is 18.1 Å². The number of ether oxygens (including phenoxy) is 2. The molecule has 28 heavy (non-hydrogen) atoms. The van der Waals surface area contributed by atoms with Crippen LogP contribution in [0.15, 0.2) is 58.6 Å². The number of nitriles is 1. The average molecular weight is 375 g/mol. The predicted octanol–water partition coefficient (Wildman–Crippen LogP) is 3.70. The number of esters is 1. The minimum absolute atomic E-state index is 0.113. The highest BCUT2D eigenvalue weighted by atomic mass is 16.6. The van der Waals surface area contributed by atoms with Gasteiger partial charge in [-0.1, -0.05) is 47.1 Å². The maximum atomic E-state index is 12.2. The van der Waals surface area contributed by atoms with Crippen LogP contribution in [0.2, 0.25) is 0 Å². The van der Waals surface area contributed by atoms with Crippen molar-refractivity contribution in [2.24, 2.45) is 0 Å². The number of nitrogens with zero attached hydrogens (tertiary/aromatic N) is 3. The van der Waals surface area contributed by atoms with Crippen LogP contribution in [0.1, 0.15) is 17.0 Å². The van der Waals surface area contributed by atoms with Gasteiger partial charge in [0.1, 0.15) is 17.4 Å². The normalized spacial score (nSPS) is 11.0. The summed E-state index contributed by atoms with van der Waals surface area (Å²) in [5.41, 5.74) is 2.35. The molecule has 0 atom stereocenters. The van der Waals surface area contributed by atoms with E-state index in [1.165, 1.54) is 6.08 Å². The van der Waals surface area contributed by atoms with Crippen LogP contribution in [0.3, 0.4) is 0 Å². The van der Waals surface area contributed by atoms with Crippen molar-refractivity contribution in [1.82, 2.24) is 10.1 Å². The van der Waals surface area contributed by atoms with Gasteiger partial charge in [-0.2, -0.15) is 10.2 Å². The highest BCUT2D eigenvalue weighted by molar-refractivity contribution is 5.97. The largest absolute Gasteiger partial charge is 0.496 e. The average Bonchev–Trinajstić information content (AvgIpc) is 3.20. The molecule has 3 aromatic rings. The molecule has 0 radical (unpaired) electrons. The molecular weight excluding hydrogens is 358 g/mol. The summed E-state index contributed by atoms with van der Waals surface area (Å²) in [7, 11) is 1.55. The number of rotatable bonds is 6. The van der Waals surface area contributed by atoms with Gasteiger partial charge in [0.05, 0.1) is 12.7 Å². The molecule has 0 fully saturated rings. The topological polar surface area (TPSA) is 98.2 Å². The van der Waals surface area contributed by atoms with Crippen molar-refractivity contribution in [3.63, 3.8) is 0 Å². The van der Waals surface area contributed by atoms with E-state index in [0.29, 0.717) is 17.1 Å². The molecule has 0 aliphatic carbocycles. The van der Waals surface area contributed by atoms with Crippen molar-refractivity contribution in [3.8, 4) is 23.2 Å². The number of carbonyl (C=O) groups excluding carboxylic acids is 1. The molecule has 0 bridgehead atoms. The first-order valence-corrected chi connectivity index (χ1v) is 8.42. The van der Waals surface area contributed by atoms with Gasteiger partial charge in [0.2, 0.25) is 5.82 Å². The Morgan fingerprint density at radius 2 is 1.96 bits per heavy atom. The summed E-state index contributed by atoms with van der Waals surface area (Å²) in [6.07, 6.45) is 1.47. The Kier molecular flexibility index (Phi) is 5.82. The van der Waals surface area contributed by atoms with E-state index >= 15 is 0 Å². The van der Waals surface area contributed by atoms with Gasteiger partial charge in [-0.15, -0.1) is 0 Å². The summed E-state index contributed by atoms with van der Waals surface area (Å²) >= 11 is 0. The third kappa shape index (κ3) is 4.43. The molecule has 0 saturated heterocycles. The minimum Gasteiger partial charge on any atom is -0.496 e. The summed E-state index contributed by atoms with van der Waals surface area (Å²) in [6, 6.07) is 16.5. The fraction of sp³-hybridized carbons (Fsp3) is 0.143. The summed E-state index contributed by atoms with van der Waals surface area (Å²) < 4.78 is 15.5. The molecule has 1 heterocycles. The lowest BCUT2D eigenvalue weighted by Crippen LogP contribution is -2.07. The molecule has 7 heteroatoms. The Bertz CT molecular complexity index is 1050. The van der Waals surface area contributed by atoms with Crippen LogP contribution in [-0.2, 0) is 16.1 Å². The highest BCUT2D eigenvalue weighted by Crippen LogP contribution is 2.27. The molecule has 0 aliphatic heterocycles. The van der Waals surface area contributed by atoms with Crippen molar-refractivity contribution in [2.45, 2.75) is 13.5 Å². The standard InChI is InChI=1S/C21H17N3O4/c1-14-7-9-15(10-8-14)11-16(12-22)21(25)27-13-19-23-20(24-28-19)17-5-3-4-6-18(17)26-2/h3-11H,13H2,1-2H3/b16-11+. The monoisotopic (exact) mass is 375 g/mol. The van der Waals surface area contributed by atoms with Crippen molar-refractivity contribution in [3.05, 3.63) is 71.1 Å². The van der Waals surface area contributed by atoms with Gasteiger partial charge in [-0.05, 0) is 30.7 Å². The number of hydrogen-bond donors (Lipinski definition) is 0. The quantitative estimate of drug-likeness (QED) is 0.368. The molecule has 0 amide bonds. The Balaban J connectivity index is 1.68. The smallest absolute Gasteiger partial charge is 0.349 e. The number of aryl methyl sites for hydroxylation is 1. The molecular formula is C21H17N3O4. The van der Waals surface area contributed by atoms with Crippen molar-refractivity contribution in [2.75, 3.05) is 7.11 Å². The zero-order valence-corrected chi connectivity index (χ0v) is 15.4. The number of carbonyl (C=O) groups is 1. The molecule has 0 aliphatic rings. The second kappa shape index (κ2) is 8.64. The van der Waals surface area contributed by atoms with Gasteiger partial charge in [0.15, 0.2) is 6.61 Å². The summed E-state index contributed by atoms with van der Waals surface area (Å²) in [4.78, 5) is 16.4. The molecule has 2 aromatic carbocycles. The third-order valence-corrected chi connectivity index (χ3v) is 3.87. The summed E-state index contributed by atoms with van der Waals surface area (Å²) in [5, 5.41) is 13.1. The maximum Gasteiger partial charge on any atom is 0.349 e. The fourth-order valence-corrected chi connectivity index (χ4v) is 2.42. The zero-order chi connectivity index (χ0) is 19.9. The zero-order valence-electron chi connectivity index (χ0n) is 15.4. The number of aromatic nitrogens is 2. The third-order valence-electron chi connectivity index (χ3n) is 3.87. The molecule has 3 rings (SSSR count). The Labute approximate surface area is 161 Å². The first-order valence-electron chi connectivity index (χ1n) is 8.42. The summed E-state index contributed by atoms with van der Waals surface area (Å²) in [5.74, 6) is 0.265. The lowest BCUT2D eigenvalue weighted by molar-refractivity contribution is -0.140. The first kappa shape index (κ1) is 18.9. The molecule has 0 unspecified atom stereocenters. The maximum absolute atomic E-state index is 12.2. The highest BCUT2D eigenvalue weighted by Gasteiger charge is 2.16. The van der Waals surface area contributed by atoms with Gasteiger partial charge in [-0.3, -0.25) is 0 Å². The van der Waals surface area contributed by atoms with E-state index in [2.05, 4.69) is 10.1 Å². The Hall–Kier alpha value is -3.92. The predicted molar refractivity (Wildman–Crippen MR) is 101 cm³/mol. The SMILES string of the molecule is COc1ccccc1-c1noc(COC(=O)/C(C#N)=C/c2ccc(C)cc2)n1. The van der Waals surface area contributed by atoms with E-state index in [0.717, 1.165) is 11.1 Å². The van der Waals surface area contributed by atoms with Gasteiger partial charge < -0.3 is 14.0 Å². The molecule has 140 valence electrons. The van der Waals surface area contributed by atoms with E-state index in [1.807, 2.05) is 49.4 Å². The van der Waals surface area contributed by atoms with Gasteiger partial charge in [0.25, 0.3) is 5.89 Å². The van der Waals surface area contributed by atoms with E-state index in [9.17, 15) is 10.1 Å². The number of benzene rings is 2. The van der Waals surface area contributed by atoms with Crippen molar-refractivity contribution >= 4 is 12.0 Å². The Morgan fingerprint density at radius 3 is 2.68 bits per heavy atom. The van der Waals surface area contributed by atoms with Crippen molar-refractivity contribution in [1.29, 1.82) is 5.26 Å². The lowest BCUT2D eigenvalue weighted by atomic mass is 10.1. The second-order valence-electron chi connectivity index (χ2n) is 5.87. The van der Waals surface area contributed by atoms with Crippen LogP contribution in [-0.4, -0.2) is 23.2 Å². The molecule has 0 spiro atoms. The van der Waals surface area contributed by atoms with Crippen LogP contribution < -0.4 is 4.74 Å². The number of methoxy groups -OCH3 is 1. The lowest BCUT2D eigenvalue weighted by Gasteiger charge is -2.03. The summed E-state index contributed by atoms with van der Waals surface area (Å²) in [6.45, 7) is 1.71. The van der Waals surface area contributed by atoms with Crippen molar-refractivity contribution < 1.29 is 18.8 Å². The van der Waals surface area contributed by atoms with Gasteiger partial charge in [0, 0.05) is 0 Å². The van der Waals surface area contributed by atoms with E-state index < -0.39 is 5.97 Å². The van der Waals surface area contributed by atoms with Crippen LogP contribution in [0.5, 0.6) is 5.75 Å². The van der Waals surface area contributed by atoms with Crippen LogP contribution in [0.25, 0.3) is 17.5 Å². The van der Waals surface area contributed by atoms with Crippen LogP contribution in [0, 0.1) is 18.3 Å². The Morgan fingerprint density at radius 1 is 1.21 bits per heavy atom. The van der Waals surface area contributed by atoms with E-state index in [4.69, 9.17) is 14.0 Å². The molecule has 7 nitrogen and oxygen atoms in total. The van der Waals surface area contributed by atoms with Gasteiger partial charge in [-0.25, -0.2) is 4.79 Å². The number of hydrogen-bond acceptors (Lipinski definition) is 7. The molecule has 0 N–H and O–H groups in total. The van der Waals surface area contributed by atoms with Crippen LogP contribution >= 0.6 is 0 Å². The molecule has 1 aromatic heterocycles. The number of para-hydroxylation sites is 1. The van der Waals surface area contributed by atoms with Gasteiger partial charge >= 0.3 is 5.97 Å². The minimum atomic E-state index is -0.764. The fourth-order valence-electron chi connectivity index (χ4n) is 2.42.